The van der Waals surface area contributed by atoms with Gasteiger partial charge < -0.3 is 15.0 Å². The van der Waals surface area contributed by atoms with E-state index in [0.29, 0.717) is 19.7 Å². The lowest BCUT2D eigenvalue weighted by molar-refractivity contribution is -0.128. The Morgan fingerprint density at radius 2 is 2.29 bits per heavy atom. The fraction of sp³-hybridized carbons (Fsp3) is 0.467. The lowest BCUT2D eigenvalue weighted by Gasteiger charge is -2.16. The first-order chi connectivity index (χ1) is 10.0. The van der Waals surface area contributed by atoms with Gasteiger partial charge in [-0.2, -0.15) is 0 Å². The Kier molecular flexibility index (Phi) is 5.58. The molecule has 0 bridgehead atoms. The van der Waals surface area contributed by atoms with Gasteiger partial charge in [0.2, 0.25) is 11.8 Å². The first-order valence-corrected chi connectivity index (χ1v) is 7.93. The Labute approximate surface area is 138 Å². The number of halogens is 1. The van der Waals surface area contributed by atoms with Crippen molar-refractivity contribution >= 4 is 40.1 Å². The molecule has 1 aromatic rings. The average molecular weight is 402 g/mol. The lowest BCUT2D eigenvalue weighted by Crippen LogP contribution is -2.30. The molecule has 0 saturated carbocycles. The van der Waals surface area contributed by atoms with E-state index in [9.17, 15) is 9.59 Å². The minimum atomic E-state index is -0.284. The number of aryl methyl sites for hydroxylation is 1. The van der Waals surface area contributed by atoms with Crippen molar-refractivity contribution in [1.29, 1.82) is 0 Å². The topological polar surface area (TPSA) is 58.6 Å². The van der Waals surface area contributed by atoms with E-state index in [4.69, 9.17) is 4.74 Å². The number of rotatable bonds is 5. The van der Waals surface area contributed by atoms with Crippen LogP contribution in [0.25, 0.3) is 0 Å². The van der Waals surface area contributed by atoms with Crippen LogP contribution in [0.2, 0.25) is 0 Å². The second-order valence-electron chi connectivity index (χ2n) is 5.18. The molecule has 2 amide bonds. The van der Waals surface area contributed by atoms with E-state index in [-0.39, 0.29) is 24.2 Å². The molecular weight excluding hydrogens is 383 g/mol. The highest BCUT2D eigenvalue weighted by Gasteiger charge is 2.34. The lowest BCUT2D eigenvalue weighted by atomic mass is 10.1. The normalized spacial score (nSPS) is 18.1. The fourth-order valence-corrected chi connectivity index (χ4v) is 3.01. The number of carbonyl (C=O) groups excluding carboxylic acids is 2. The third kappa shape index (κ3) is 4.16. The van der Waals surface area contributed by atoms with Crippen LogP contribution in [-0.4, -0.2) is 43.5 Å². The number of likely N-dealkylation sites (tertiary alicyclic amines) is 1. The SMILES string of the molecule is COCCN1CC(C(=O)Nc2ccc(I)cc2C)CC1=O. The van der Waals surface area contributed by atoms with Gasteiger partial charge in [-0.1, -0.05) is 0 Å². The summed E-state index contributed by atoms with van der Waals surface area (Å²) >= 11 is 2.24. The maximum Gasteiger partial charge on any atom is 0.229 e. The van der Waals surface area contributed by atoms with Crippen LogP contribution < -0.4 is 5.32 Å². The van der Waals surface area contributed by atoms with Gasteiger partial charge in [0, 0.05) is 35.9 Å². The van der Waals surface area contributed by atoms with Gasteiger partial charge in [0.05, 0.1) is 12.5 Å². The summed E-state index contributed by atoms with van der Waals surface area (Å²) in [6, 6.07) is 5.86. The first kappa shape index (κ1) is 16.2. The highest BCUT2D eigenvalue weighted by molar-refractivity contribution is 14.1. The number of methoxy groups -OCH3 is 1. The van der Waals surface area contributed by atoms with Gasteiger partial charge in [0.15, 0.2) is 0 Å². The molecule has 2 rings (SSSR count). The number of benzene rings is 1. The van der Waals surface area contributed by atoms with Crippen molar-refractivity contribution in [3.05, 3.63) is 27.3 Å². The predicted molar refractivity (Wildman–Crippen MR) is 89.1 cm³/mol. The molecule has 0 aliphatic carbocycles. The van der Waals surface area contributed by atoms with E-state index in [1.165, 1.54) is 0 Å². The van der Waals surface area contributed by atoms with Crippen molar-refractivity contribution in [1.82, 2.24) is 4.90 Å². The summed E-state index contributed by atoms with van der Waals surface area (Å²) in [5.41, 5.74) is 1.83. The number of nitrogens with zero attached hydrogens (tertiary/aromatic N) is 1. The Balaban J connectivity index is 1.96. The summed E-state index contributed by atoms with van der Waals surface area (Å²) in [6.45, 7) is 3.47. The van der Waals surface area contributed by atoms with E-state index >= 15 is 0 Å². The molecule has 1 aromatic carbocycles. The third-order valence-corrected chi connectivity index (χ3v) is 4.27. The number of amides is 2. The van der Waals surface area contributed by atoms with Crippen molar-refractivity contribution in [3.8, 4) is 0 Å². The summed E-state index contributed by atoms with van der Waals surface area (Å²) in [4.78, 5) is 25.8. The summed E-state index contributed by atoms with van der Waals surface area (Å²) in [7, 11) is 1.60. The van der Waals surface area contributed by atoms with Crippen LogP contribution in [0.1, 0.15) is 12.0 Å². The van der Waals surface area contributed by atoms with Gasteiger partial charge in [-0.15, -0.1) is 0 Å². The first-order valence-electron chi connectivity index (χ1n) is 6.85. The summed E-state index contributed by atoms with van der Waals surface area (Å²) in [5, 5.41) is 2.92. The highest BCUT2D eigenvalue weighted by atomic mass is 127. The standard InChI is InChI=1S/C15H19IN2O3/c1-10-7-12(16)3-4-13(10)17-15(20)11-8-14(19)18(9-11)5-6-21-2/h3-4,7,11H,5-6,8-9H2,1-2H3,(H,17,20). The number of hydrogen-bond donors (Lipinski definition) is 1. The van der Waals surface area contributed by atoms with Gasteiger partial charge >= 0.3 is 0 Å². The van der Waals surface area contributed by atoms with Gasteiger partial charge in [-0.25, -0.2) is 0 Å². The van der Waals surface area contributed by atoms with E-state index in [1.54, 1.807) is 12.0 Å². The summed E-state index contributed by atoms with van der Waals surface area (Å²) in [6.07, 6.45) is 0.277. The Morgan fingerprint density at radius 1 is 1.52 bits per heavy atom. The van der Waals surface area contributed by atoms with Gasteiger partial charge in [0.1, 0.15) is 0 Å². The summed E-state index contributed by atoms with van der Waals surface area (Å²) < 4.78 is 6.10. The molecule has 21 heavy (non-hydrogen) atoms. The zero-order valence-electron chi connectivity index (χ0n) is 12.2. The second-order valence-corrected chi connectivity index (χ2v) is 6.43. The molecule has 5 nitrogen and oxygen atoms in total. The molecule has 1 aliphatic rings. The minimum absolute atomic E-state index is 0.0199. The molecule has 1 N–H and O–H groups in total. The van der Waals surface area contributed by atoms with Crippen LogP contribution in [0.15, 0.2) is 18.2 Å². The fourth-order valence-electron chi connectivity index (χ4n) is 2.37. The molecule has 1 unspecified atom stereocenters. The molecular formula is C15H19IN2O3. The van der Waals surface area contributed by atoms with E-state index in [2.05, 4.69) is 27.9 Å². The zero-order chi connectivity index (χ0) is 15.4. The van der Waals surface area contributed by atoms with Crippen LogP contribution in [0.4, 0.5) is 5.69 Å². The molecule has 114 valence electrons. The summed E-state index contributed by atoms with van der Waals surface area (Å²) in [5.74, 6) is -0.354. The predicted octanol–water partition coefficient (Wildman–Crippen LogP) is 2.03. The number of nitrogens with one attached hydrogen (secondary N) is 1. The molecule has 1 saturated heterocycles. The average Bonchev–Trinajstić information content (AvgIpc) is 2.81. The van der Waals surface area contributed by atoms with Gasteiger partial charge in [0.25, 0.3) is 0 Å². The van der Waals surface area contributed by atoms with Crippen LogP contribution >= 0.6 is 22.6 Å². The number of anilines is 1. The van der Waals surface area contributed by atoms with Gasteiger partial charge in [-0.05, 0) is 53.3 Å². The van der Waals surface area contributed by atoms with Crippen molar-refractivity contribution in [2.24, 2.45) is 5.92 Å². The number of carbonyl (C=O) groups is 2. The maximum absolute atomic E-state index is 12.3. The molecule has 6 heteroatoms. The van der Waals surface area contributed by atoms with E-state index in [0.717, 1.165) is 14.8 Å². The van der Waals surface area contributed by atoms with Gasteiger partial charge in [-0.3, -0.25) is 9.59 Å². The Bertz CT molecular complexity index is 548. The Morgan fingerprint density at radius 3 is 2.95 bits per heavy atom. The zero-order valence-corrected chi connectivity index (χ0v) is 14.3. The third-order valence-electron chi connectivity index (χ3n) is 3.60. The quantitative estimate of drug-likeness (QED) is 0.767. The van der Waals surface area contributed by atoms with E-state index < -0.39 is 0 Å². The molecule has 1 aliphatic heterocycles. The molecule has 0 aromatic heterocycles. The Hall–Kier alpha value is -1.15. The van der Waals surface area contributed by atoms with Crippen LogP contribution in [0.5, 0.6) is 0 Å². The van der Waals surface area contributed by atoms with Crippen molar-refractivity contribution in [2.75, 3.05) is 32.1 Å². The second kappa shape index (κ2) is 7.22. The molecule has 0 spiro atoms. The smallest absolute Gasteiger partial charge is 0.229 e. The maximum atomic E-state index is 12.3. The molecule has 1 heterocycles. The number of ether oxygens (including phenoxy) is 1. The minimum Gasteiger partial charge on any atom is -0.383 e. The van der Waals surface area contributed by atoms with Crippen molar-refractivity contribution in [3.63, 3.8) is 0 Å². The van der Waals surface area contributed by atoms with Crippen LogP contribution in [0, 0.1) is 16.4 Å². The van der Waals surface area contributed by atoms with E-state index in [1.807, 2.05) is 25.1 Å². The van der Waals surface area contributed by atoms with Crippen LogP contribution in [0.3, 0.4) is 0 Å². The monoisotopic (exact) mass is 402 g/mol. The van der Waals surface area contributed by atoms with Crippen LogP contribution in [-0.2, 0) is 14.3 Å². The largest absolute Gasteiger partial charge is 0.383 e. The highest BCUT2D eigenvalue weighted by Crippen LogP contribution is 2.22. The van der Waals surface area contributed by atoms with Crippen molar-refractivity contribution in [2.45, 2.75) is 13.3 Å². The number of hydrogen-bond acceptors (Lipinski definition) is 3. The molecule has 1 atom stereocenters. The molecule has 0 radical (unpaired) electrons. The molecule has 1 fully saturated rings. The van der Waals surface area contributed by atoms with Crippen molar-refractivity contribution < 1.29 is 14.3 Å².